The Bertz CT molecular complexity index is 1040. The third-order valence-corrected chi connectivity index (χ3v) is 5.94. The van der Waals surface area contributed by atoms with Gasteiger partial charge in [-0.25, -0.2) is 0 Å². The van der Waals surface area contributed by atoms with Gasteiger partial charge in [0, 0.05) is 36.5 Å². The topological polar surface area (TPSA) is 77.4 Å². The molecule has 1 fully saturated rings. The fraction of sp³-hybridized carbons (Fsp3) is 0.458. The van der Waals surface area contributed by atoms with E-state index in [4.69, 9.17) is 4.74 Å². The Morgan fingerprint density at radius 3 is 2.60 bits per heavy atom. The third kappa shape index (κ3) is 3.97. The van der Waals surface area contributed by atoms with Gasteiger partial charge in [0.2, 0.25) is 0 Å². The van der Waals surface area contributed by atoms with Gasteiger partial charge in [-0.05, 0) is 49.8 Å². The molecule has 6 nitrogen and oxygen atoms in total. The maximum absolute atomic E-state index is 13.4. The van der Waals surface area contributed by atoms with E-state index in [9.17, 15) is 14.4 Å². The number of fused-ring (bicyclic) bond motifs is 1. The molecule has 1 aromatic carbocycles. The first-order valence-corrected chi connectivity index (χ1v) is 10.5. The highest BCUT2D eigenvalue weighted by atomic mass is 16.5. The summed E-state index contributed by atoms with van der Waals surface area (Å²) < 4.78 is 7.10. The lowest BCUT2D eigenvalue weighted by Gasteiger charge is -2.32. The lowest BCUT2D eigenvalue weighted by molar-refractivity contribution is 0.0856. The highest BCUT2D eigenvalue weighted by molar-refractivity contribution is 6.02. The Morgan fingerprint density at radius 2 is 1.93 bits per heavy atom. The van der Waals surface area contributed by atoms with Gasteiger partial charge in [-0.15, -0.1) is 0 Å². The second-order valence-corrected chi connectivity index (χ2v) is 9.18. The van der Waals surface area contributed by atoms with Crippen LogP contribution < -0.4 is 10.9 Å². The maximum Gasteiger partial charge on any atom is 0.268 e. The summed E-state index contributed by atoms with van der Waals surface area (Å²) in [6, 6.07) is 9.06. The van der Waals surface area contributed by atoms with E-state index in [2.05, 4.69) is 5.32 Å². The lowest BCUT2D eigenvalue weighted by Crippen LogP contribution is -2.40. The molecule has 0 saturated carbocycles. The zero-order valence-electron chi connectivity index (χ0n) is 17.8. The van der Waals surface area contributed by atoms with Gasteiger partial charge in [-0.3, -0.25) is 19.0 Å². The minimum atomic E-state index is -0.461. The van der Waals surface area contributed by atoms with Gasteiger partial charge in [0.25, 0.3) is 11.5 Å². The van der Waals surface area contributed by atoms with Crippen molar-refractivity contribution in [3.8, 4) is 5.69 Å². The number of hydrogen-bond acceptors (Lipinski definition) is 4. The molecule has 0 radical (unpaired) electrons. The number of ketones is 1. The summed E-state index contributed by atoms with van der Waals surface area (Å²) in [6.07, 6.45) is 2.83. The van der Waals surface area contributed by atoms with E-state index in [-0.39, 0.29) is 22.9 Å². The molecule has 1 aliphatic heterocycles. The molecule has 1 saturated heterocycles. The Labute approximate surface area is 176 Å². The summed E-state index contributed by atoms with van der Waals surface area (Å²) in [5, 5.41) is 2.82. The van der Waals surface area contributed by atoms with Crippen molar-refractivity contribution < 1.29 is 14.3 Å². The monoisotopic (exact) mass is 408 g/mol. The number of aryl methyl sites for hydroxylation is 1. The first-order valence-electron chi connectivity index (χ1n) is 10.5. The predicted molar refractivity (Wildman–Crippen MR) is 115 cm³/mol. The summed E-state index contributed by atoms with van der Waals surface area (Å²) in [5.74, 6) is -0.493. The first-order chi connectivity index (χ1) is 14.2. The molecule has 30 heavy (non-hydrogen) atoms. The number of benzene rings is 1. The van der Waals surface area contributed by atoms with Crippen molar-refractivity contribution in [3.63, 3.8) is 0 Å². The van der Waals surface area contributed by atoms with Crippen LogP contribution in [0.25, 0.3) is 5.69 Å². The predicted octanol–water partition coefficient (Wildman–Crippen LogP) is 3.21. The van der Waals surface area contributed by atoms with Crippen LogP contribution in [-0.4, -0.2) is 35.5 Å². The number of amides is 1. The summed E-state index contributed by atoms with van der Waals surface area (Å²) in [5.41, 5.74) is 2.25. The summed E-state index contributed by atoms with van der Waals surface area (Å²) >= 11 is 0. The van der Waals surface area contributed by atoms with Gasteiger partial charge in [0.05, 0.1) is 6.10 Å². The highest BCUT2D eigenvalue weighted by Crippen LogP contribution is 2.35. The van der Waals surface area contributed by atoms with Crippen molar-refractivity contribution in [1.82, 2.24) is 9.88 Å². The molecule has 4 rings (SSSR count). The Hall–Kier alpha value is -2.73. The molecule has 1 N–H and O–H groups in total. The first kappa shape index (κ1) is 20.5. The van der Waals surface area contributed by atoms with Gasteiger partial charge in [0.15, 0.2) is 5.78 Å². The molecular formula is C24H28N2O4. The molecule has 6 heteroatoms. The molecule has 2 heterocycles. The van der Waals surface area contributed by atoms with Gasteiger partial charge < -0.3 is 10.1 Å². The second-order valence-electron chi connectivity index (χ2n) is 9.18. The second kappa shape index (κ2) is 7.84. The van der Waals surface area contributed by atoms with Gasteiger partial charge >= 0.3 is 0 Å². The van der Waals surface area contributed by atoms with Crippen LogP contribution in [0.4, 0.5) is 0 Å². The van der Waals surface area contributed by atoms with Crippen LogP contribution in [0.5, 0.6) is 0 Å². The van der Waals surface area contributed by atoms with Crippen molar-refractivity contribution in [2.75, 3.05) is 13.2 Å². The molecule has 1 amide bonds. The van der Waals surface area contributed by atoms with E-state index in [0.717, 1.165) is 18.4 Å². The zero-order chi connectivity index (χ0) is 21.5. The smallest absolute Gasteiger partial charge is 0.268 e. The normalized spacial score (nSPS) is 20.1. The molecule has 0 spiro atoms. The van der Waals surface area contributed by atoms with Gasteiger partial charge in [0.1, 0.15) is 5.56 Å². The van der Waals surface area contributed by atoms with E-state index >= 15 is 0 Å². The highest BCUT2D eigenvalue weighted by Gasteiger charge is 2.35. The van der Waals surface area contributed by atoms with Crippen LogP contribution in [0.3, 0.4) is 0 Å². The number of rotatable bonds is 4. The van der Waals surface area contributed by atoms with Crippen LogP contribution in [0, 0.1) is 12.3 Å². The maximum atomic E-state index is 13.4. The number of carbonyl (C=O) groups excluding carboxylic acids is 2. The largest absolute Gasteiger partial charge is 0.376 e. The minimum absolute atomic E-state index is 0.000350. The number of carbonyl (C=O) groups is 2. The van der Waals surface area contributed by atoms with Crippen LogP contribution >= 0.6 is 0 Å². The van der Waals surface area contributed by atoms with Crippen molar-refractivity contribution >= 4 is 11.7 Å². The Balaban J connectivity index is 1.80. The summed E-state index contributed by atoms with van der Waals surface area (Å²) in [6.45, 7) is 7.09. The molecule has 1 atom stereocenters. The molecular weight excluding hydrogens is 380 g/mol. The number of Topliss-reactive ketones (excluding diaryl/α,β-unsaturated/α-hetero) is 1. The number of nitrogens with zero attached hydrogens (tertiary/aromatic N) is 1. The fourth-order valence-electron chi connectivity index (χ4n) is 4.35. The van der Waals surface area contributed by atoms with Crippen molar-refractivity contribution in [2.24, 2.45) is 5.41 Å². The molecule has 2 aliphatic rings. The number of pyridine rings is 1. The van der Waals surface area contributed by atoms with Crippen LogP contribution in [0.15, 0.2) is 35.1 Å². The quantitative estimate of drug-likeness (QED) is 0.843. The number of aromatic nitrogens is 1. The van der Waals surface area contributed by atoms with Crippen LogP contribution in [0.1, 0.15) is 65.1 Å². The minimum Gasteiger partial charge on any atom is -0.376 e. The Morgan fingerprint density at radius 1 is 1.20 bits per heavy atom. The van der Waals surface area contributed by atoms with E-state index in [0.29, 0.717) is 42.9 Å². The average Bonchev–Trinajstić information content (AvgIpc) is 3.20. The molecule has 1 aromatic heterocycles. The molecule has 0 unspecified atom stereocenters. The van der Waals surface area contributed by atoms with Gasteiger partial charge in [-0.2, -0.15) is 0 Å². The Kier molecular flexibility index (Phi) is 5.36. The molecule has 1 aliphatic carbocycles. The number of nitrogens with one attached hydrogen (secondary N) is 1. The van der Waals surface area contributed by atoms with E-state index in [1.807, 2.05) is 45.0 Å². The molecule has 158 valence electrons. The summed E-state index contributed by atoms with van der Waals surface area (Å²) in [4.78, 5) is 39.3. The van der Waals surface area contributed by atoms with Crippen molar-refractivity contribution in [2.45, 2.75) is 52.6 Å². The zero-order valence-corrected chi connectivity index (χ0v) is 17.8. The van der Waals surface area contributed by atoms with Crippen LogP contribution in [0.2, 0.25) is 0 Å². The van der Waals surface area contributed by atoms with Crippen molar-refractivity contribution in [3.05, 3.63) is 63.1 Å². The fourth-order valence-corrected chi connectivity index (χ4v) is 4.35. The molecule has 0 bridgehead atoms. The van der Waals surface area contributed by atoms with Crippen molar-refractivity contribution in [1.29, 1.82) is 0 Å². The SMILES string of the molecule is Cc1ccc(-n2c3c(cc(C(=O)NC[C@H]4CCCO4)c2=O)C(=O)CC(C)(C)C3)cc1. The number of ether oxygens (including phenoxy) is 1. The van der Waals surface area contributed by atoms with Gasteiger partial charge in [-0.1, -0.05) is 31.5 Å². The average molecular weight is 408 g/mol. The molecule has 2 aromatic rings. The van der Waals surface area contributed by atoms with E-state index in [1.165, 1.54) is 6.07 Å². The third-order valence-electron chi connectivity index (χ3n) is 5.94. The van der Waals surface area contributed by atoms with E-state index < -0.39 is 11.5 Å². The summed E-state index contributed by atoms with van der Waals surface area (Å²) in [7, 11) is 0. The number of hydrogen-bond donors (Lipinski definition) is 1. The van der Waals surface area contributed by atoms with Crippen LogP contribution in [-0.2, 0) is 11.2 Å². The lowest BCUT2D eigenvalue weighted by atomic mass is 9.75. The van der Waals surface area contributed by atoms with E-state index in [1.54, 1.807) is 4.57 Å². The standard InChI is InChI=1S/C24H28N2O4/c1-15-6-8-16(9-7-15)26-20-12-24(2,3)13-21(27)18(20)11-19(23(26)29)22(28)25-14-17-5-4-10-30-17/h6-9,11,17H,4-5,10,12-14H2,1-3H3,(H,25,28)/t17-/m1/s1.